The van der Waals surface area contributed by atoms with Crippen molar-refractivity contribution in [2.75, 3.05) is 0 Å². The van der Waals surface area contributed by atoms with Gasteiger partial charge in [-0.2, -0.15) is 4.80 Å². The Morgan fingerprint density at radius 1 is 1.05 bits per heavy atom. The first-order valence-electron chi connectivity index (χ1n) is 6.35. The van der Waals surface area contributed by atoms with E-state index in [-0.39, 0.29) is 12.3 Å². The second kappa shape index (κ2) is 5.85. The van der Waals surface area contributed by atoms with Crippen LogP contribution in [0.15, 0.2) is 54.6 Å². The van der Waals surface area contributed by atoms with Gasteiger partial charge in [0.15, 0.2) is 5.78 Å². The number of ketones is 1. The van der Waals surface area contributed by atoms with E-state index in [0.29, 0.717) is 16.4 Å². The van der Waals surface area contributed by atoms with Crippen molar-refractivity contribution in [2.24, 2.45) is 0 Å². The van der Waals surface area contributed by atoms with Crippen LogP contribution in [0.5, 0.6) is 0 Å². The minimum Gasteiger partial charge on any atom is -0.292 e. The molecule has 1 aromatic heterocycles. The number of tetrazole rings is 1. The molecule has 3 aromatic rings. The maximum Gasteiger partial charge on any atom is 0.204 e. The summed E-state index contributed by atoms with van der Waals surface area (Å²) in [5.74, 6) is 0.333. The molecule has 3 rings (SSSR count). The van der Waals surface area contributed by atoms with Gasteiger partial charge in [0.1, 0.15) is 6.54 Å². The zero-order chi connectivity index (χ0) is 14.7. The third-order valence-electron chi connectivity index (χ3n) is 2.94. The summed E-state index contributed by atoms with van der Waals surface area (Å²) in [5, 5.41) is 12.5. The van der Waals surface area contributed by atoms with Crippen molar-refractivity contribution < 1.29 is 4.79 Å². The van der Waals surface area contributed by atoms with Gasteiger partial charge in [-0.1, -0.05) is 54.1 Å². The fraction of sp³-hybridized carbons (Fsp3) is 0.0667. The molecule has 5 nitrogen and oxygen atoms in total. The minimum atomic E-state index is -0.155. The summed E-state index contributed by atoms with van der Waals surface area (Å²) >= 11 is 6.00. The maximum absolute atomic E-state index is 12.2. The highest BCUT2D eigenvalue weighted by Crippen LogP contribution is 2.16. The largest absolute Gasteiger partial charge is 0.292 e. The van der Waals surface area contributed by atoms with Crippen molar-refractivity contribution in [3.05, 3.63) is 65.2 Å². The van der Waals surface area contributed by atoms with E-state index in [2.05, 4.69) is 15.4 Å². The van der Waals surface area contributed by atoms with Crippen LogP contribution in [0, 0.1) is 0 Å². The van der Waals surface area contributed by atoms with Gasteiger partial charge in [-0.15, -0.1) is 10.2 Å². The number of halogens is 1. The zero-order valence-electron chi connectivity index (χ0n) is 11.0. The molecule has 0 atom stereocenters. The number of aromatic nitrogens is 4. The second-order valence-electron chi connectivity index (χ2n) is 4.41. The van der Waals surface area contributed by atoms with Gasteiger partial charge < -0.3 is 0 Å². The van der Waals surface area contributed by atoms with Gasteiger partial charge in [0.2, 0.25) is 5.82 Å². The standard InChI is InChI=1S/C15H11ClN4O/c16-13-9-5-4-8-12(13)14(21)10-20-18-15(17-19-20)11-6-2-1-3-7-11/h1-9H,10H2. The van der Waals surface area contributed by atoms with Gasteiger partial charge in [0, 0.05) is 11.1 Å². The molecule has 0 saturated carbocycles. The van der Waals surface area contributed by atoms with E-state index in [0.717, 1.165) is 5.56 Å². The number of benzene rings is 2. The highest BCUT2D eigenvalue weighted by molar-refractivity contribution is 6.33. The first-order valence-corrected chi connectivity index (χ1v) is 6.73. The van der Waals surface area contributed by atoms with Crippen LogP contribution in [0.4, 0.5) is 0 Å². The second-order valence-corrected chi connectivity index (χ2v) is 4.82. The molecule has 0 saturated heterocycles. The molecule has 0 aliphatic heterocycles. The van der Waals surface area contributed by atoms with E-state index in [1.807, 2.05) is 30.3 Å². The van der Waals surface area contributed by atoms with E-state index < -0.39 is 0 Å². The highest BCUT2D eigenvalue weighted by atomic mass is 35.5. The topological polar surface area (TPSA) is 60.7 Å². The molecule has 2 aromatic carbocycles. The molecule has 0 aliphatic carbocycles. The van der Waals surface area contributed by atoms with Crippen LogP contribution >= 0.6 is 11.6 Å². The summed E-state index contributed by atoms with van der Waals surface area (Å²) in [6.45, 7) is 0.00354. The Kier molecular flexibility index (Phi) is 3.75. The summed E-state index contributed by atoms with van der Waals surface area (Å²) in [4.78, 5) is 13.4. The number of Topliss-reactive ketones (excluding diaryl/α,β-unsaturated/α-hetero) is 1. The van der Waals surface area contributed by atoms with Gasteiger partial charge in [-0.05, 0) is 17.3 Å². The molecular weight excluding hydrogens is 288 g/mol. The molecule has 0 spiro atoms. The van der Waals surface area contributed by atoms with Crippen LogP contribution in [-0.2, 0) is 6.54 Å². The van der Waals surface area contributed by atoms with E-state index in [1.165, 1.54) is 4.80 Å². The van der Waals surface area contributed by atoms with Gasteiger partial charge in [-0.25, -0.2) is 0 Å². The molecule has 0 aliphatic rings. The number of nitrogens with zero attached hydrogens (tertiary/aromatic N) is 4. The molecule has 0 radical (unpaired) electrons. The lowest BCUT2D eigenvalue weighted by Gasteiger charge is -2.01. The Balaban J connectivity index is 1.79. The highest BCUT2D eigenvalue weighted by Gasteiger charge is 2.13. The van der Waals surface area contributed by atoms with Crippen molar-refractivity contribution in [2.45, 2.75) is 6.54 Å². The number of carbonyl (C=O) groups is 1. The van der Waals surface area contributed by atoms with Crippen molar-refractivity contribution >= 4 is 17.4 Å². The summed E-state index contributed by atoms with van der Waals surface area (Å²) < 4.78 is 0. The summed E-state index contributed by atoms with van der Waals surface area (Å²) in [5.41, 5.74) is 1.31. The lowest BCUT2D eigenvalue weighted by atomic mass is 10.1. The van der Waals surface area contributed by atoms with E-state index in [1.54, 1.807) is 24.3 Å². The van der Waals surface area contributed by atoms with Crippen molar-refractivity contribution in [3.8, 4) is 11.4 Å². The van der Waals surface area contributed by atoms with Crippen LogP contribution in [0.3, 0.4) is 0 Å². The van der Waals surface area contributed by atoms with Gasteiger partial charge in [-0.3, -0.25) is 4.79 Å². The monoisotopic (exact) mass is 298 g/mol. The molecule has 0 bridgehead atoms. The Morgan fingerprint density at radius 3 is 2.52 bits per heavy atom. The summed E-state index contributed by atoms with van der Waals surface area (Å²) in [6.07, 6.45) is 0. The smallest absolute Gasteiger partial charge is 0.204 e. The van der Waals surface area contributed by atoms with Crippen LogP contribution in [0.2, 0.25) is 5.02 Å². The average molecular weight is 299 g/mol. The first-order chi connectivity index (χ1) is 10.2. The molecule has 1 heterocycles. The van der Waals surface area contributed by atoms with E-state index in [9.17, 15) is 4.79 Å². The predicted octanol–water partition coefficient (Wildman–Crippen LogP) is 2.88. The molecule has 104 valence electrons. The first kappa shape index (κ1) is 13.5. The quantitative estimate of drug-likeness (QED) is 0.695. The normalized spacial score (nSPS) is 10.5. The Bertz CT molecular complexity index is 770. The third-order valence-corrected chi connectivity index (χ3v) is 3.27. The Morgan fingerprint density at radius 2 is 1.76 bits per heavy atom. The van der Waals surface area contributed by atoms with Crippen molar-refractivity contribution in [3.63, 3.8) is 0 Å². The van der Waals surface area contributed by atoms with Crippen LogP contribution in [-0.4, -0.2) is 26.0 Å². The van der Waals surface area contributed by atoms with Crippen LogP contribution in [0.25, 0.3) is 11.4 Å². The van der Waals surface area contributed by atoms with E-state index >= 15 is 0 Å². The van der Waals surface area contributed by atoms with Crippen molar-refractivity contribution in [1.82, 2.24) is 20.2 Å². The fourth-order valence-electron chi connectivity index (χ4n) is 1.91. The number of rotatable bonds is 4. The molecule has 0 unspecified atom stereocenters. The van der Waals surface area contributed by atoms with Gasteiger partial charge >= 0.3 is 0 Å². The molecule has 0 fully saturated rings. The SMILES string of the molecule is O=C(Cn1nnc(-c2ccccc2)n1)c1ccccc1Cl. The van der Waals surface area contributed by atoms with Crippen LogP contribution in [0.1, 0.15) is 10.4 Å². The predicted molar refractivity (Wildman–Crippen MR) is 79.0 cm³/mol. The van der Waals surface area contributed by atoms with E-state index in [4.69, 9.17) is 11.6 Å². The summed E-state index contributed by atoms with van der Waals surface area (Å²) in [7, 11) is 0. The maximum atomic E-state index is 12.2. The van der Waals surface area contributed by atoms with Gasteiger partial charge in [0.05, 0.1) is 5.02 Å². The lowest BCUT2D eigenvalue weighted by Crippen LogP contribution is -2.13. The fourth-order valence-corrected chi connectivity index (χ4v) is 2.16. The third kappa shape index (κ3) is 2.98. The Hall–Kier alpha value is -2.53. The number of hydrogen-bond donors (Lipinski definition) is 0. The molecule has 0 N–H and O–H groups in total. The molecule has 6 heteroatoms. The minimum absolute atomic E-state index is 0.00354. The van der Waals surface area contributed by atoms with Crippen molar-refractivity contribution in [1.29, 1.82) is 0 Å². The summed E-state index contributed by atoms with van der Waals surface area (Å²) in [6, 6.07) is 16.4. The lowest BCUT2D eigenvalue weighted by molar-refractivity contribution is 0.0961. The number of hydrogen-bond acceptors (Lipinski definition) is 4. The van der Waals surface area contributed by atoms with Crippen LogP contribution < -0.4 is 0 Å². The zero-order valence-corrected chi connectivity index (χ0v) is 11.7. The molecule has 0 amide bonds. The van der Waals surface area contributed by atoms with Gasteiger partial charge in [0.25, 0.3) is 0 Å². The Labute approximate surface area is 126 Å². The molecule has 21 heavy (non-hydrogen) atoms. The number of carbonyl (C=O) groups excluding carboxylic acids is 1. The average Bonchev–Trinajstić information content (AvgIpc) is 2.97. The molecular formula is C15H11ClN4O.